The highest BCUT2D eigenvalue weighted by Crippen LogP contribution is 2.28. The van der Waals surface area contributed by atoms with Crippen LogP contribution >= 0.6 is 0 Å². The second-order valence-corrected chi connectivity index (χ2v) is 6.24. The monoisotopic (exact) mass is 357 g/mol. The molecule has 140 valence electrons. The van der Waals surface area contributed by atoms with Crippen LogP contribution in [0, 0.1) is 5.92 Å². The Morgan fingerprint density at radius 3 is 2.58 bits per heavy atom. The van der Waals surface area contributed by atoms with Crippen molar-refractivity contribution in [1.82, 2.24) is 0 Å². The van der Waals surface area contributed by atoms with E-state index in [1.165, 1.54) is 0 Å². The first-order valence-electron chi connectivity index (χ1n) is 8.52. The summed E-state index contributed by atoms with van der Waals surface area (Å²) in [5.74, 6) is 2.98. The van der Waals surface area contributed by atoms with Gasteiger partial charge < -0.3 is 25.3 Å². The maximum Gasteiger partial charge on any atom is 0.193 e. The third-order valence-electron chi connectivity index (χ3n) is 3.58. The van der Waals surface area contributed by atoms with E-state index < -0.39 is 0 Å². The van der Waals surface area contributed by atoms with Gasteiger partial charge in [-0.3, -0.25) is 0 Å². The van der Waals surface area contributed by atoms with Crippen molar-refractivity contribution < 1.29 is 14.2 Å². The second kappa shape index (κ2) is 9.56. The molecule has 0 aliphatic heterocycles. The summed E-state index contributed by atoms with van der Waals surface area (Å²) < 4.78 is 16.3. The largest absolute Gasteiger partial charge is 0.497 e. The van der Waals surface area contributed by atoms with Gasteiger partial charge in [0, 0.05) is 6.07 Å². The molecule has 0 heterocycles. The minimum atomic E-state index is 0.296. The minimum absolute atomic E-state index is 0.296. The van der Waals surface area contributed by atoms with Crippen molar-refractivity contribution >= 4 is 11.6 Å². The van der Waals surface area contributed by atoms with E-state index in [2.05, 4.69) is 24.2 Å². The molecule has 0 aliphatic carbocycles. The van der Waals surface area contributed by atoms with Crippen LogP contribution in [0.25, 0.3) is 0 Å². The zero-order valence-electron chi connectivity index (χ0n) is 15.8. The van der Waals surface area contributed by atoms with E-state index in [0.29, 0.717) is 42.2 Å². The Morgan fingerprint density at radius 2 is 1.88 bits per heavy atom. The van der Waals surface area contributed by atoms with Gasteiger partial charge in [0.25, 0.3) is 0 Å². The quantitative estimate of drug-likeness (QED) is 0.557. The van der Waals surface area contributed by atoms with Crippen molar-refractivity contribution in [2.75, 3.05) is 26.1 Å². The highest BCUT2D eigenvalue weighted by atomic mass is 16.5. The van der Waals surface area contributed by atoms with Crippen molar-refractivity contribution in [2.24, 2.45) is 16.6 Å². The molecule has 0 bridgehead atoms. The molecule has 26 heavy (non-hydrogen) atoms. The Hall–Kier alpha value is -2.89. The summed E-state index contributed by atoms with van der Waals surface area (Å²) in [6.45, 7) is 5.37. The van der Waals surface area contributed by atoms with Crippen LogP contribution in [-0.2, 0) is 6.54 Å². The molecule has 0 spiro atoms. The Labute approximate surface area is 155 Å². The summed E-state index contributed by atoms with van der Waals surface area (Å²) in [4.78, 5) is 4.39. The van der Waals surface area contributed by atoms with Crippen LogP contribution in [0.4, 0.5) is 5.69 Å². The summed E-state index contributed by atoms with van der Waals surface area (Å²) in [7, 11) is 3.21. The number of ether oxygens (including phenoxy) is 3. The lowest BCUT2D eigenvalue weighted by Gasteiger charge is -2.12. The number of guanidine groups is 1. The fraction of sp³-hybridized carbons (Fsp3) is 0.350. The van der Waals surface area contributed by atoms with Gasteiger partial charge in [-0.15, -0.1) is 0 Å². The first-order chi connectivity index (χ1) is 12.5. The van der Waals surface area contributed by atoms with E-state index in [9.17, 15) is 0 Å². The van der Waals surface area contributed by atoms with E-state index in [0.717, 1.165) is 11.3 Å². The summed E-state index contributed by atoms with van der Waals surface area (Å²) in [5, 5.41) is 3.05. The number of nitrogens with one attached hydrogen (secondary N) is 1. The van der Waals surface area contributed by atoms with Crippen LogP contribution in [0.2, 0.25) is 0 Å². The van der Waals surface area contributed by atoms with Gasteiger partial charge in [0.1, 0.15) is 17.2 Å². The topological polar surface area (TPSA) is 78.1 Å². The zero-order valence-corrected chi connectivity index (χ0v) is 15.8. The van der Waals surface area contributed by atoms with Gasteiger partial charge in [-0.05, 0) is 35.7 Å². The molecular formula is C20H27N3O3. The van der Waals surface area contributed by atoms with Crippen LogP contribution in [0.1, 0.15) is 19.4 Å². The molecule has 0 atom stereocenters. The maximum atomic E-state index is 6.02. The zero-order chi connectivity index (χ0) is 18.9. The SMILES string of the molecule is COc1ccc(OC)c(NC(N)=NCc2cccc(OCC(C)C)c2)c1. The number of hydrogen-bond donors (Lipinski definition) is 2. The number of aliphatic imine (C=N–C) groups is 1. The first kappa shape index (κ1) is 19.4. The van der Waals surface area contributed by atoms with Gasteiger partial charge in [-0.1, -0.05) is 26.0 Å². The summed E-state index contributed by atoms with van der Waals surface area (Å²) in [5.41, 5.74) is 7.73. The van der Waals surface area contributed by atoms with Crippen LogP contribution in [-0.4, -0.2) is 26.8 Å². The standard InChI is InChI=1S/C20H27N3O3/c1-14(2)13-26-17-7-5-6-15(10-17)12-22-20(21)23-18-11-16(24-3)8-9-19(18)25-4/h5-11,14H,12-13H2,1-4H3,(H3,21,22,23). The molecule has 0 amide bonds. The van der Waals surface area contributed by atoms with Gasteiger partial charge in [0.15, 0.2) is 5.96 Å². The van der Waals surface area contributed by atoms with Gasteiger partial charge >= 0.3 is 0 Å². The molecule has 0 aromatic heterocycles. The van der Waals surface area contributed by atoms with Crippen LogP contribution in [0.5, 0.6) is 17.2 Å². The molecule has 2 aromatic carbocycles. The molecule has 6 heteroatoms. The lowest BCUT2D eigenvalue weighted by atomic mass is 10.2. The van der Waals surface area contributed by atoms with Crippen molar-refractivity contribution in [3.8, 4) is 17.2 Å². The summed E-state index contributed by atoms with van der Waals surface area (Å²) in [6, 6.07) is 13.3. The highest BCUT2D eigenvalue weighted by Gasteiger charge is 2.06. The van der Waals surface area contributed by atoms with E-state index in [-0.39, 0.29) is 0 Å². The number of hydrogen-bond acceptors (Lipinski definition) is 4. The van der Waals surface area contributed by atoms with Crippen molar-refractivity contribution in [3.05, 3.63) is 48.0 Å². The lowest BCUT2D eigenvalue weighted by Crippen LogP contribution is -2.23. The third-order valence-corrected chi connectivity index (χ3v) is 3.58. The minimum Gasteiger partial charge on any atom is -0.497 e. The molecule has 2 aromatic rings. The second-order valence-electron chi connectivity index (χ2n) is 6.24. The maximum absolute atomic E-state index is 6.02. The van der Waals surface area contributed by atoms with Crippen molar-refractivity contribution in [2.45, 2.75) is 20.4 Å². The summed E-state index contributed by atoms with van der Waals surface area (Å²) >= 11 is 0. The number of nitrogens with zero attached hydrogens (tertiary/aromatic N) is 1. The smallest absolute Gasteiger partial charge is 0.193 e. The molecule has 6 nitrogen and oxygen atoms in total. The van der Waals surface area contributed by atoms with E-state index >= 15 is 0 Å². The average Bonchev–Trinajstić information content (AvgIpc) is 2.65. The molecule has 0 unspecified atom stereocenters. The predicted molar refractivity (Wildman–Crippen MR) is 105 cm³/mol. The number of anilines is 1. The fourth-order valence-corrected chi connectivity index (χ4v) is 2.26. The van der Waals surface area contributed by atoms with Crippen molar-refractivity contribution in [1.29, 1.82) is 0 Å². The molecule has 3 N–H and O–H groups in total. The highest BCUT2D eigenvalue weighted by molar-refractivity contribution is 5.94. The Kier molecular flexibility index (Phi) is 7.14. The molecular weight excluding hydrogens is 330 g/mol. The Morgan fingerprint density at radius 1 is 1.08 bits per heavy atom. The van der Waals surface area contributed by atoms with E-state index in [1.54, 1.807) is 14.2 Å². The van der Waals surface area contributed by atoms with Crippen LogP contribution < -0.4 is 25.3 Å². The van der Waals surface area contributed by atoms with Gasteiger partial charge in [-0.2, -0.15) is 0 Å². The first-order valence-corrected chi connectivity index (χ1v) is 8.52. The third kappa shape index (κ3) is 5.88. The number of benzene rings is 2. The van der Waals surface area contributed by atoms with Gasteiger partial charge in [0.2, 0.25) is 0 Å². The summed E-state index contributed by atoms with van der Waals surface area (Å²) in [6.07, 6.45) is 0. The lowest BCUT2D eigenvalue weighted by molar-refractivity contribution is 0.271. The molecule has 0 radical (unpaired) electrons. The normalized spacial score (nSPS) is 11.3. The van der Waals surface area contributed by atoms with Crippen LogP contribution in [0.15, 0.2) is 47.5 Å². The van der Waals surface area contributed by atoms with Gasteiger partial charge in [0.05, 0.1) is 33.1 Å². The number of rotatable bonds is 8. The Bertz CT molecular complexity index is 745. The van der Waals surface area contributed by atoms with E-state index in [1.807, 2.05) is 42.5 Å². The van der Waals surface area contributed by atoms with Crippen molar-refractivity contribution in [3.63, 3.8) is 0 Å². The number of nitrogens with two attached hydrogens (primary N) is 1. The molecule has 0 aliphatic rings. The van der Waals surface area contributed by atoms with Gasteiger partial charge in [-0.25, -0.2) is 4.99 Å². The average molecular weight is 357 g/mol. The molecule has 0 fully saturated rings. The molecule has 2 rings (SSSR count). The van der Waals surface area contributed by atoms with Crippen LogP contribution in [0.3, 0.4) is 0 Å². The Balaban J connectivity index is 2.03. The molecule has 0 saturated heterocycles. The van der Waals surface area contributed by atoms with E-state index in [4.69, 9.17) is 19.9 Å². The molecule has 0 saturated carbocycles. The predicted octanol–water partition coefficient (Wildman–Crippen LogP) is 3.67. The fourth-order valence-electron chi connectivity index (χ4n) is 2.26. The number of methoxy groups -OCH3 is 2.